The molecule has 0 saturated heterocycles. The third kappa shape index (κ3) is 12.1. The lowest BCUT2D eigenvalue weighted by atomic mass is 10.1. The van der Waals surface area contributed by atoms with Gasteiger partial charge in [-0.2, -0.15) is 0 Å². The van der Waals surface area contributed by atoms with Gasteiger partial charge in [-0.3, -0.25) is 0 Å². The van der Waals surface area contributed by atoms with Crippen LogP contribution in [0.25, 0.3) is 45.8 Å². The van der Waals surface area contributed by atoms with Crippen molar-refractivity contribution in [2.45, 2.75) is 117 Å². The molecule has 3 aromatic carbocycles. The Bertz CT molecular complexity index is 1650. The molecule has 290 valence electrons. The minimum atomic E-state index is 0.289. The average molecular weight is 739 g/mol. The highest BCUT2D eigenvalue weighted by Gasteiger charge is 2.22. The molecule has 0 aliphatic carbocycles. The van der Waals surface area contributed by atoms with Gasteiger partial charge in [0, 0.05) is 11.1 Å². The minimum Gasteiger partial charge on any atom is -0.496 e. The molecule has 0 fully saturated rings. The second kappa shape index (κ2) is 22.4. The van der Waals surface area contributed by atoms with Gasteiger partial charge in [0.2, 0.25) is 11.8 Å². The molecular weight excluding hydrogens is 681 g/mol. The fourth-order valence-electron chi connectivity index (χ4n) is 6.37. The summed E-state index contributed by atoms with van der Waals surface area (Å²) in [5.41, 5.74) is 2.73. The summed E-state index contributed by atoms with van der Waals surface area (Å²) in [5.74, 6) is 3.97. The van der Waals surface area contributed by atoms with Crippen molar-refractivity contribution in [3.05, 3.63) is 60.7 Å². The van der Waals surface area contributed by atoms with Crippen molar-refractivity contribution in [1.29, 1.82) is 0 Å². The van der Waals surface area contributed by atoms with E-state index in [9.17, 15) is 0 Å². The molecule has 0 unspecified atom stereocenters. The van der Waals surface area contributed by atoms with E-state index in [2.05, 4.69) is 34.2 Å². The van der Waals surface area contributed by atoms with Gasteiger partial charge in [-0.05, 0) is 73.5 Å². The van der Waals surface area contributed by atoms with Gasteiger partial charge in [0.15, 0.2) is 0 Å². The van der Waals surface area contributed by atoms with Gasteiger partial charge < -0.3 is 27.8 Å². The largest absolute Gasteiger partial charge is 0.496 e. The maximum absolute atomic E-state index is 6.11. The number of rotatable bonds is 26. The van der Waals surface area contributed by atoms with Crippen molar-refractivity contribution in [3.63, 3.8) is 0 Å². The van der Waals surface area contributed by atoms with E-state index in [1.54, 1.807) is 26.4 Å². The van der Waals surface area contributed by atoms with Gasteiger partial charge in [0.05, 0.1) is 38.6 Å². The SMILES string of the molecule is CCCCCCCCCCOc1ccc(-c2nnc(-c3cc(OC)c(-c4nnc(-c5ccc(OCCCCCCCCCC)cc5)o4)cc3OC)o2)cc1. The molecule has 10 nitrogen and oxygen atoms in total. The highest BCUT2D eigenvalue weighted by atomic mass is 16.5. The zero-order chi connectivity index (χ0) is 37.8. The van der Waals surface area contributed by atoms with E-state index >= 15 is 0 Å². The van der Waals surface area contributed by atoms with E-state index < -0.39 is 0 Å². The van der Waals surface area contributed by atoms with Gasteiger partial charge in [0.25, 0.3) is 11.8 Å². The van der Waals surface area contributed by atoms with Gasteiger partial charge in [-0.25, -0.2) is 0 Å². The number of unbranched alkanes of at least 4 members (excludes halogenated alkanes) is 14. The zero-order valence-electron chi connectivity index (χ0n) is 32.7. The fourth-order valence-corrected chi connectivity index (χ4v) is 6.37. The maximum atomic E-state index is 6.11. The van der Waals surface area contributed by atoms with E-state index in [-0.39, 0.29) is 11.8 Å². The molecule has 0 bridgehead atoms. The Balaban J connectivity index is 1.15. The average Bonchev–Trinajstić information content (AvgIpc) is 3.91. The van der Waals surface area contributed by atoms with Crippen LogP contribution in [0.15, 0.2) is 69.5 Å². The second-order valence-corrected chi connectivity index (χ2v) is 13.8. The first-order chi connectivity index (χ1) is 26.6. The Morgan fingerprint density at radius 1 is 0.426 bits per heavy atom. The monoisotopic (exact) mass is 738 g/mol. The van der Waals surface area contributed by atoms with Crippen LogP contribution in [0.1, 0.15) is 117 Å². The van der Waals surface area contributed by atoms with E-state index in [1.807, 2.05) is 48.5 Å². The summed E-state index contributed by atoms with van der Waals surface area (Å²) in [7, 11) is 3.16. The zero-order valence-corrected chi connectivity index (χ0v) is 32.7. The molecule has 0 aliphatic rings. The Morgan fingerprint density at radius 3 is 1.11 bits per heavy atom. The lowest BCUT2D eigenvalue weighted by molar-refractivity contribution is 0.304. The molecule has 0 radical (unpaired) electrons. The van der Waals surface area contributed by atoms with Crippen molar-refractivity contribution in [2.24, 2.45) is 0 Å². The number of hydrogen-bond donors (Lipinski definition) is 0. The van der Waals surface area contributed by atoms with Crippen LogP contribution in [-0.2, 0) is 0 Å². The van der Waals surface area contributed by atoms with Crippen LogP contribution >= 0.6 is 0 Å². The van der Waals surface area contributed by atoms with Crippen LogP contribution in [0.5, 0.6) is 23.0 Å². The van der Waals surface area contributed by atoms with Crippen LogP contribution < -0.4 is 18.9 Å². The summed E-state index contributed by atoms with van der Waals surface area (Å²) < 4.78 is 35.7. The Morgan fingerprint density at radius 2 is 0.759 bits per heavy atom. The highest BCUT2D eigenvalue weighted by molar-refractivity contribution is 5.76. The second-order valence-electron chi connectivity index (χ2n) is 13.8. The van der Waals surface area contributed by atoms with Crippen molar-refractivity contribution < 1.29 is 27.8 Å². The van der Waals surface area contributed by atoms with Crippen LogP contribution in [0, 0.1) is 0 Å². The predicted molar refractivity (Wildman–Crippen MR) is 213 cm³/mol. The smallest absolute Gasteiger partial charge is 0.252 e. The maximum Gasteiger partial charge on any atom is 0.252 e. The molecule has 0 spiro atoms. The molecule has 0 aliphatic heterocycles. The van der Waals surface area contributed by atoms with Gasteiger partial charge >= 0.3 is 0 Å². The van der Waals surface area contributed by atoms with E-state index in [1.165, 1.54) is 89.9 Å². The van der Waals surface area contributed by atoms with Crippen LogP contribution in [0.4, 0.5) is 0 Å². The molecule has 10 heteroatoms. The number of hydrogen-bond acceptors (Lipinski definition) is 10. The van der Waals surface area contributed by atoms with Crippen LogP contribution in [0.2, 0.25) is 0 Å². The molecule has 5 rings (SSSR count). The molecule has 0 saturated carbocycles. The van der Waals surface area contributed by atoms with Gasteiger partial charge in [-0.15, -0.1) is 20.4 Å². The van der Waals surface area contributed by atoms with Gasteiger partial charge in [-0.1, -0.05) is 104 Å². The highest BCUT2D eigenvalue weighted by Crippen LogP contribution is 2.41. The molecule has 0 atom stereocenters. The first-order valence-corrected chi connectivity index (χ1v) is 20.0. The first-order valence-electron chi connectivity index (χ1n) is 20.0. The normalized spacial score (nSPS) is 11.2. The lowest BCUT2D eigenvalue weighted by Crippen LogP contribution is -1.97. The van der Waals surface area contributed by atoms with E-state index in [0.29, 0.717) is 47.6 Å². The van der Waals surface area contributed by atoms with Crippen molar-refractivity contribution in [2.75, 3.05) is 27.4 Å². The third-order valence-electron chi connectivity index (χ3n) is 9.57. The van der Waals surface area contributed by atoms with Crippen molar-refractivity contribution in [3.8, 4) is 68.8 Å². The van der Waals surface area contributed by atoms with Crippen molar-refractivity contribution in [1.82, 2.24) is 20.4 Å². The molecule has 0 amide bonds. The number of nitrogens with zero attached hydrogens (tertiary/aromatic N) is 4. The minimum absolute atomic E-state index is 0.289. The Labute approximate surface area is 321 Å². The molecular formula is C44H58N4O6. The number of benzene rings is 3. The summed E-state index contributed by atoms with van der Waals surface area (Å²) in [5, 5.41) is 17.3. The lowest BCUT2D eigenvalue weighted by Gasteiger charge is -2.11. The van der Waals surface area contributed by atoms with Crippen LogP contribution in [-0.4, -0.2) is 47.8 Å². The summed E-state index contributed by atoms with van der Waals surface area (Å²) in [6.07, 6.45) is 20.3. The molecule has 2 aromatic heterocycles. The van der Waals surface area contributed by atoms with Crippen LogP contribution in [0.3, 0.4) is 0 Å². The Hall–Kier alpha value is -4.86. The summed E-state index contributed by atoms with van der Waals surface area (Å²) in [4.78, 5) is 0. The summed E-state index contributed by atoms with van der Waals surface area (Å²) in [6.45, 7) is 5.93. The third-order valence-corrected chi connectivity index (χ3v) is 9.57. The van der Waals surface area contributed by atoms with E-state index in [4.69, 9.17) is 27.8 Å². The summed E-state index contributed by atoms with van der Waals surface area (Å²) in [6, 6.07) is 19.0. The Kier molecular flexibility index (Phi) is 16.7. The molecule has 2 heterocycles. The van der Waals surface area contributed by atoms with Gasteiger partial charge in [0.1, 0.15) is 23.0 Å². The summed E-state index contributed by atoms with van der Waals surface area (Å²) >= 11 is 0. The van der Waals surface area contributed by atoms with E-state index in [0.717, 1.165) is 35.5 Å². The number of methoxy groups -OCH3 is 2. The number of aromatic nitrogens is 4. The molecule has 5 aromatic rings. The molecule has 54 heavy (non-hydrogen) atoms. The quantitative estimate of drug-likeness (QED) is 0.0508. The topological polar surface area (TPSA) is 115 Å². The standard InChI is InChI=1S/C44H58N4O6/c1-5-7-9-11-13-15-17-19-29-51-35-25-21-33(22-26-35)41-45-47-43(53-41)37-31-40(50-4)38(32-39(37)49-3)44-48-46-42(54-44)34-23-27-36(28-24-34)52-30-20-18-16-14-12-10-8-6-2/h21-28,31-32H,5-20,29-30H2,1-4H3. The first kappa shape index (κ1) is 40.3. The number of ether oxygens (including phenoxy) is 4. The van der Waals surface area contributed by atoms with Crippen molar-refractivity contribution >= 4 is 0 Å². The fraction of sp³-hybridized carbons (Fsp3) is 0.500. The molecule has 0 N–H and O–H groups in total. The predicted octanol–water partition coefficient (Wildman–Crippen LogP) is 12.2.